The summed E-state index contributed by atoms with van der Waals surface area (Å²) >= 11 is 0. The molecule has 5 rings (SSSR count). The maximum atomic E-state index is 13.7. The number of amides is 1. The molecule has 0 bridgehead atoms. The zero-order valence-electron chi connectivity index (χ0n) is 25.2. The van der Waals surface area contributed by atoms with E-state index in [1.165, 1.54) is 18.2 Å². The second kappa shape index (κ2) is 12.9. The number of alkyl halides is 6. The number of rotatable bonds is 8. The van der Waals surface area contributed by atoms with Crippen molar-refractivity contribution in [1.82, 2.24) is 10.2 Å². The quantitative estimate of drug-likeness (QED) is 0.301. The third-order valence-electron chi connectivity index (χ3n) is 9.20. The predicted molar refractivity (Wildman–Crippen MR) is 162 cm³/mol. The molecule has 1 unspecified atom stereocenters. The van der Waals surface area contributed by atoms with Crippen LogP contribution in [0.3, 0.4) is 0 Å². The highest BCUT2D eigenvalue weighted by Gasteiger charge is 2.39. The summed E-state index contributed by atoms with van der Waals surface area (Å²) in [6, 6.07) is 13.7. The highest BCUT2D eigenvalue weighted by atomic mass is 19.4. The van der Waals surface area contributed by atoms with Crippen LogP contribution in [0.25, 0.3) is 6.08 Å². The lowest BCUT2D eigenvalue weighted by Crippen LogP contribution is -2.42. The molecule has 0 aromatic heterocycles. The molecule has 10 heteroatoms. The van der Waals surface area contributed by atoms with Crippen LogP contribution in [-0.4, -0.2) is 56.4 Å². The molecule has 1 aliphatic heterocycles. The average molecular weight is 631 g/mol. The first-order valence-corrected chi connectivity index (χ1v) is 15.0. The van der Waals surface area contributed by atoms with E-state index in [2.05, 4.69) is 40.6 Å². The van der Waals surface area contributed by atoms with E-state index >= 15 is 0 Å². The third kappa shape index (κ3) is 7.21. The Morgan fingerprint density at radius 2 is 1.73 bits per heavy atom. The van der Waals surface area contributed by atoms with E-state index < -0.39 is 48.3 Å². The molecule has 1 saturated heterocycles. The Labute approximate surface area is 259 Å². The normalized spacial score (nSPS) is 18.9. The minimum absolute atomic E-state index is 0.00614. The van der Waals surface area contributed by atoms with E-state index in [1.807, 2.05) is 19.1 Å². The van der Waals surface area contributed by atoms with Crippen LogP contribution in [0.2, 0.25) is 0 Å². The van der Waals surface area contributed by atoms with Crippen molar-refractivity contribution in [1.29, 1.82) is 0 Å². The van der Waals surface area contributed by atoms with Gasteiger partial charge in [0.15, 0.2) is 0 Å². The van der Waals surface area contributed by atoms with Crippen LogP contribution >= 0.6 is 0 Å². The highest BCUT2D eigenvalue weighted by molar-refractivity contribution is 5.84. The van der Waals surface area contributed by atoms with Gasteiger partial charge in [-0.15, -0.1) is 0 Å². The summed E-state index contributed by atoms with van der Waals surface area (Å²) in [5.41, 5.74) is 1.49. The number of ether oxygens (including phenoxy) is 1. The van der Waals surface area contributed by atoms with Gasteiger partial charge in [-0.2, -0.15) is 26.3 Å². The van der Waals surface area contributed by atoms with Gasteiger partial charge in [-0.1, -0.05) is 54.6 Å². The van der Waals surface area contributed by atoms with Crippen molar-refractivity contribution in [3.8, 4) is 5.75 Å². The van der Waals surface area contributed by atoms with Gasteiger partial charge in [-0.05, 0) is 98.3 Å². The number of carbonyl (C=O) groups is 1. The molecule has 2 aromatic carbocycles. The van der Waals surface area contributed by atoms with Gasteiger partial charge in [0.05, 0.1) is 18.6 Å². The molecule has 0 radical (unpaired) electrons. The van der Waals surface area contributed by atoms with Crippen molar-refractivity contribution in [2.45, 2.75) is 56.3 Å². The van der Waals surface area contributed by atoms with Crippen molar-refractivity contribution >= 4 is 12.0 Å². The molecule has 1 amide bonds. The summed E-state index contributed by atoms with van der Waals surface area (Å²) in [6.45, 7) is 3.60. The molecule has 1 fully saturated rings. The van der Waals surface area contributed by atoms with Crippen LogP contribution in [0.5, 0.6) is 5.75 Å². The Hall–Kier alpha value is -3.79. The molecule has 240 valence electrons. The Morgan fingerprint density at radius 3 is 2.42 bits per heavy atom. The second-order valence-corrected chi connectivity index (χ2v) is 11.9. The number of nitrogens with zero attached hydrogens (tertiary/aromatic N) is 1. The van der Waals surface area contributed by atoms with E-state index in [4.69, 9.17) is 4.74 Å². The first kappa shape index (κ1) is 32.6. The third-order valence-corrected chi connectivity index (χ3v) is 9.20. The fourth-order valence-corrected chi connectivity index (χ4v) is 6.63. The smallest absolute Gasteiger partial charge is 0.416 e. The number of hydrogen-bond acceptors (Lipinski definition) is 3. The Bertz CT molecular complexity index is 1540. The van der Waals surface area contributed by atoms with Crippen molar-refractivity contribution in [2.24, 2.45) is 0 Å². The number of likely N-dealkylation sites (tertiary alicyclic amines) is 1. The van der Waals surface area contributed by atoms with Crippen molar-refractivity contribution in [3.63, 3.8) is 0 Å². The molecule has 1 atom stereocenters. The largest absolute Gasteiger partial charge is 0.496 e. The van der Waals surface area contributed by atoms with Crippen LogP contribution in [0.4, 0.5) is 26.3 Å². The van der Waals surface area contributed by atoms with Gasteiger partial charge in [0, 0.05) is 17.5 Å². The maximum absolute atomic E-state index is 13.7. The number of hydrogen-bond donors (Lipinski definition) is 1. The van der Waals surface area contributed by atoms with E-state index in [0.29, 0.717) is 42.5 Å². The van der Waals surface area contributed by atoms with Crippen molar-refractivity contribution in [2.75, 3.05) is 33.3 Å². The summed E-state index contributed by atoms with van der Waals surface area (Å²) in [4.78, 5) is 16.0. The molecule has 1 heterocycles. The van der Waals surface area contributed by atoms with E-state index in [1.54, 1.807) is 12.1 Å². The summed E-state index contributed by atoms with van der Waals surface area (Å²) < 4.78 is 86.5. The van der Waals surface area contributed by atoms with Crippen molar-refractivity contribution < 1.29 is 35.9 Å². The number of fused-ring (bicyclic) bond motifs is 2. The topological polar surface area (TPSA) is 41.6 Å². The number of piperidine rings is 1. The predicted octanol–water partition coefficient (Wildman–Crippen LogP) is 7.96. The van der Waals surface area contributed by atoms with E-state index in [9.17, 15) is 31.1 Å². The molecular weight excluding hydrogens is 594 g/mol. The van der Waals surface area contributed by atoms with Crippen molar-refractivity contribution in [3.05, 3.63) is 106 Å². The summed E-state index contributed by atoms with van der Waals surface area (Å²) in [7, 11) is 1.52. The van der Waals surface area contributed by atoms with Gasteiger partial charge < -0.3 is 15.0 Å². The van der Waals surface area contributed by atoms with E-state index in [0.717, 1.165) is 31.5 Å². The lowest BCUT2D eigenvalue weighted by Gasteiger charge is -2.39. The fraction of sp³-hybridized carbons (Fsp3) is 0.400. The molecule has 4 nitrogen and oxygen atoms in total. The van der Waals surface area contributed by atoms with E-state index in [-0.39, 0.29) is 11.0 Å². The summed E-state index contributed by atoms with van der Waals surface area (Å²) in [5.74, 6) is -0.587. The van der Waals surface area contributed by atoms with Crippen LogP contribution in [0, 0.1) is 6.92 Å². The number of methoxy groups -OCH3 is 1. The minimum Gasteiger partial charge on any atom is -0.496 e. The molecule has 2 aliphatic carbocycles. The number of carbonyl (C=O) groups excluding carboxylic acids is 1. The highest BCUT2D eigenvalue weighted by Crippen LogP contribution is 2.44. The second-order valence-electron chi connectivity index (χ2n) is 11.9. The minimum atomic E-state index is -4.83. The maximum Gasteiger partial charge on any atom is 0.416 e. The Balaban J connectivity index is 1.32. The Morgan fingerprint density at radius 1 is 1.00 bits per heavy atom. The number of benzene rings is 2. The van der Waals surface area contributed by atoms with Crippen LogP contribution < -0.4 is 10.1 Å². The molecule has 1 spiro atoms. The molecular formula is C35H36F6N2O2. The van der Waals surface area contributed by atoms with Gasteiger partial charge in [0.1, 0.15) is 5.75 Å². The van der Waals surface area contributed by atoms with Gasteiger partial charge in [-0.25, -0.2) is 0 Å². The van der Waals surface area contributed by atoms with Crippen LogP contribution in [0.15, 0.2) is 83.5 Å². The Kier molecular flexibility index (Phi) is 9.35. The molecule has 2 aromatic rings. The van der Waals surface area contributed by atoms with Crippen LogP contribution in [-0.2, 0) is 10.2 Å². The number of allylic oxidation sites excluding steroid dienone is 5. The van der Waals surface area contributed by atoms with Crippen LogP contribution in [0.1, 0.15) is 53.9 Å². The lowest BCUT2D eigenvalue weighted by atomic mass is 9.74. The first-order chi connectivity index (χ1) is 21.3. The zero-order chi connectivity index (χ0) is 32.4. The number of halogens is 6. The van der Waals surface area contributed by atoms with Gasteiger partial charge >= 0.3 is 12.4 Å². The van der Waals surface area contributed by atoms with Gasteiger partial charge in [-0.3, -0.25) is 4.79 Å². The molecule has 3 aliphatic rings. The summed E-state index contributed by atoms with van der Waals surface area (Å²) in [6.07, 6.45) is -1.88. The molecule has 0 saturated carbocycles. The molecule has 1 N–H and O–H groups in total. The van der Waals surface area contributed by atoms with Gasteiger partial charge in [0.25, 0.3) is 0 Å². The zero-order valence-corrected chi connectivity index (χ0v) is 25.2. The first-order valence-electron chi connectivity index (χ1n) is 15.0. The number of nitrogens with one attached hydrogen (secondary N) is 1. The summed E-state index contributed by atoms with van der Waals surface area (Å²) in [5, 5.41) is 2.64. The van der Waals surface area contributed by atoms with Gasteiger partial charge in [0.2, 0.25) is 5.91 Å². The monoisotopic (exact) mass is 630 g/mol. The standard InChI is InChI=1S/C35H36F6N2O2/c1-23-28(7-5-9-31(23)45-2)29(13-17-43-18-15-33(16-19-43)14-12-25-6-3-4-8-30(25)33)32(44)42-22-24-20-26(34(36,37)38)10-11-27(21-24)35(39,40)41/h3-10,12,14,20-21,29H,11,13,15-19,22H2,1-2H3,(H,42,44). The fourth-order valence-electron chi connectivity index (χ4n) is 6.63. The SMILES string of the molecule is COc1cccc(C(CCN2CCC3(C=Cc4ccccc43)CC2)C(=O)NCC2=CC(C(F)(F)F)=CCC(C(F)(F)F)=C2)c1C. The lowest BCUT2D eigenvalue weighted by molar-refractivity contribution is -0.122. The average Bonchev–Trinajstić information content (AvgIpc) is 3.18. The molecule has 45 heavy (non-hydrogen) atoms.